The molecule has 72 valence electrons. The van der Waals surface area contributed by atoms with E-state index in [0.717, 1.165) is 13.0 Å². The number of methoxy groups -OCH3 is 1. The zero-order valence-electron chi connectivity index (χ0n) is 8.22. The van der Waals surface area contributed by atoms with Crippen molar-refractivity contribution in [2.75, 3.05) is 19.4 Å². The molecule has 2 atom stereocenters. The Morgan fingerprint density at radius 3 is 2.83 bits per heavy atom. The zero-order valence-corrected chi connectivity index (χ0v) is 9.04. The molecule has 1 aliphatic heterocycles. The van der Waals surface area contributed by atoms with Gasteiger partial charge >= 0.3 is 0 Å². The fourth-order valence-electron chi connectivity index (χ4n) is 1.39. The molecule has 2 unspecified atom stereocenters. The fourth-order valence-corrected chi connectivity index (χ4v) is 2.79. The van der Waals surface area contributed by atoms with Crippen LogP contribution in [0.4, 0.5) is 0 Å². The van der Waals surface area contributed by atoms with Gasteiger partial charge in [0.25, 0.3) is 0 Å². The van der Waals surface area contributed by atoms with Crippen molar-refractivity contribution in [3.8, 4) is 0 Å². The molecule has 0 aliphatic carbocycles. The van der Waals surface area contributed by atoms with E-state index in [4.69, 9.17) is 4.74 Å². The van der Waals surface area contributed by atoms with Crippen LogP contribution < -0.4 is 5.32 Å². The molecule has 0 spiro atoms. The maximum Gasteiger partial charge on any atom is 0.0893 e. The molecule has 0 bridgehead atoms. The monoisotopic (exact) mass is 189 g/mol. The minimum atomic E-state index is 0.00505. The number of hydrogen-bond acceptors (Lipinski definition) is 3. The summed E-state index contributed by atoms with van der Waals surface area (Å²) in [5.41, 5.74) is 0.00505. The van der Waals surface area contributed by atoms with Gasteiger partial charge in [-0.25, -0.2) is 0 Å². The molecule has 1 N–H and O–H groups in total. The average molecular weight is 189 g/mol. The largest absolute Gasteiger partial charge is 0.376 e. The standard InChI is InChI=1S/C9H19NOS/c1-4-9(2,11-3)8-10-6-5-7-12-8/h8,10H,4-7H2,1-3H3. The van der Waals surface area contributed by atoms with Crippen molar-refractivity contribution >= 4 is 11.8 Å². The van der Waals surface area contributed by atoms with Gasteiger partial charge in [-0.05, 0) is 32.1 Å². The van der Waals surface area contributed by atoms with Crippen LogP contribution in [0.25, 0.3) is 0 Å². The van der Waals surface area contributed by atoms with E-state index < -0.39 is 0 Å². The Labute approximate surface area is 79.4 Å². The second kappa shape index (κ2) is 4.49. The zero-order chi connectivity index (χ0) is 9.03. The van der Waals surface area contributed by atoms with Crippen molar-refractivity contribution in [3.05, 3.63) is 0 Å². The van der Waals surface area contributed by atoms with E-state index in [1.54, 1.807) is 7.11 Å². The molecule has 3 heteroatoms. The molecule has 1 aliphatic rings. The van der Waals surface area contributed by atoms with Gasteiger partial charge in [0.1, 0.15) is 0 Å². The SMILES string of the molecule is CCC(C)(OC)C1NCCCS1. The van der Waals surface area contributed by atoms with Gasteiger partial charge in [0.05, 0.1) is 11.0 Å². The molecule has 0 radical (unpaired) electrons. The number of thioether (sulfide) groups is 1. The number of rotatable bonds is 3. The molecule has 0 aromatic carbocycles. The number of ether oxygens (including phenoxy) is 1. The van der Waals surface area contributed by atoms with Gasteiger partial charge in [-0.3, -0.25) is 0 Å². The Morgan fingerprint density at radius 1 is 1.67 bits per heavy atom. The maximum absolute atomic E-state index is 5.54. The number of nitrogens with one attached hydrogen (secondary N) is 1. The van der Waals surface area contributed by atoms with E-state index in [1.165, 1.54) is 12.2 Å². The van der Waals surface area contributed by atoms with Crippen molar-refractivity contribution in [2.45, 2.75) is 37.7 Å². The van der Waals surface area contributed by atoms with Gasteiger partial charge in [-0.1, -0.05) is 6.92 Å². The molecular formula is C9H19NOS. The topological polar surface area (TPSA) is 21.3 Å². The highest BCUT2D eigenvalue weighted by molar-refractivity contribution is 8.00. The summed E-state index contributed by atoms with van der Waals surface area (Å²) in [6.07, 6.45) is 2.35. The third-order valence-corrected chi connectivity index (χ3v) is 4.18. The lowest BCUT2D eigenvalue weighted by Crippen LogP contribution is -2.50. The molecule has 1 rings (SSSR count). The summed E-state index contributed by atoms with van der Waals surface area (Å²) in [7, 11) is 1.81. The summed E-state index contributed by atoms with van der Waals surface area (Å²) in [4.78, 5) is 0. The molecule has 1 saturated heterocycles. The Balaban J connectivity index is 2.51. The normalized spacial score (nSPS) is 29.8. The van der Waals surface area contributed by atoms with Crippen molar-refractivity contribution in [2.24, 2.45) is 0 Å². The van der Waals surface area contributed by atoms with E-state index in [1.807, 2.05) is 11.8 Å². The molecule has 0 aromatic heterocycles. The predicted octanol–water partition coefficient (Wildman–Crippen LogP) is 1.85. The summed E-state index contributed by atoms with van der Waals surface area (Å²) in [5.74, 6) is 1.26. The first kappa shape index (κ1) is 10.4. The third-order valence-electron chi connectivity index (χ3n) is 2.66. The fraction of sp³-hybridized carbons (Fsp3) is 1.00. The molecule has 2 nitrogen and oxygen atoms in total. The summed E-state index contributed by atoms with van der Waals surface area (Å²) in [6.45, 7) is 5.50. The maximum atomic E-state index is 5.54. The predicted molar refractivity (Wildman–Crippen MR) is 54.6 cm³/mol. The summed E-state index contributed by atoms with van der Waals surface area (Å²) in [6, 6.07) is 0. The quantitative estimate of drug-likeness (QED) is 0.732. The van der Waals surface area contributed by atoms with E-state index in [9.17, 15) is 0 Å². The summed E-state index contributed by atoms with van der Waals surface area (Å²) in [5, 5.41) is 3.97. The highest BCUT2D eigenvalue weighted by atomic mass is 32.2. The second-order valence-electron chi connectivity index (χ2n) is 3.43. The first-order chi connectivity index (χ1) is 5.73. The summed E-state index contributed by atoms with van der Waals surface area (Å²) >= 11 is 1.98. The Bertz CT molecular complexity index is 130. The number of hydrogen-bond donors (Lipinski definition) is 1. The molecule has 1 fully saturated rings. The average Bonchev–Trinajstić information content (AvgIpc) is 2.18. The lowest BCUT2D eigenvalue weighted by atomic mass is 10.0. The minimum absolute atomic E-state index is 0.00505. The molecule has 0 amide bonds. The highest BCUT2D eigenvalue weighted by Gasteiger charge is 2.33. The highest BCUT2D eigenvalue weighted by Crippen LogP contribution is 2.29. The van der Waals surface area contributed by atoms with Gasteiger partial charge in [0.15, 0.2) is 0 Å². The Hall–Kier alpha value is 0.270. The van der Waals surface area contributed by atoms with Crippen LogP contribution in [0.5, 0.6) is 0 Å². The molecule has 0 saturated carbocycles. The van der Waals surface area contributed by atoms with Crippen LogP contribution in [-0.2, 0) is 4.74 Å². The van der Waals surface area contributed by atoms with Crippen LogP contribution in [-0.4, -0.2) is 30.4 Å². The van der Waals surface area contributed by atoms with Crippen molar-refractivity contribution < 1.29 is 4.74 Å². The van der Waals surface area contributed by atoms with Crippen molar-refractivity contribution in [3.63, 3.8) is 0 Å². The second-order valence-corrected chi connectivity index (χ2v) is 4.64. The van der Waals surface area contributed by atoms with Crippen LogP contribution in [0.2, 0.25) is 0 Å². The lowest BCUT2D eigenvalue weighted by Gasteiger charge is -2.38. The lowest BCUT2D eigenvalue weighted by molar-refractivity contribution is -0.00623. The van der Waals surface area contributed by atoms with Crippen LogP contribution in [0.15, 0.2) is 0 Å². The van der Waals surface area contributed by atoms with Crippen LogP contribution in [0, 0.1) is 0 Å². The van der Waals surface area contributed by atoms with Crippen LogP contribution >= 0.6 is 11.8 Å². The molecular weight excluding hydrogens is 170 g/mol. The first-order valence-corrected chi connectivity index (χ1v) is 5.68. The summed E-state index contributed by atoms with van der Waals surface area (Å²) < 4.78 is 5.54. The van der Waals surface area contributed by atoms with Gasteiger partial charge in [0.2, 0.25) is 0 Å². The van der Waals surface area contributed by atoms with Crippen molar-refractivity contribution in [1.82, 2.24) is 5.32 Å². The van der Waals surface area contributed by atoms with Gasteiger partial charge in [-0.15, -0.1) is 11.8 Å². The minimum Gasteiger partial charge on any atom is -0.376 e. The first-order valence-electron chi connectivity index (χ1n) is 4.63. The molecule has 0 aromatic rings. The third kappa shape index (κ3) is 2.15. The van der Waals surface area contributed by atoms with Gasteiger partial charge in [0, 0.05) is 7.11 Å². The van der Waals surface area contributed by atoms with Crippen LogP contribution in [0.1, 0.15) is 26.7 Å². The molecule has 1 heterocycles. The smallest absolute Gasteiger partial charge is 0.0893 e. The van der Waals surface area contributed by atoms with E-state index in [-0.39, 0.29) is 5.60 Å². The Kier molecular flexibility index (Phi) is 3.87. The van der Waals surface area contributed by atoms with E-state index in [0.29, 0.717) is 5.37 Å². The van der Waals surface area contributed by atoms with Crippen molar-refractivity contribution in [1.29, 1.82) is 0 Å². The molecule has 12 heavy (non-hydrogen) atoms. The van der Waals surface area contributed by atoms with Crippen LogP contribution in [0.3, 0.4) is 0 Å². The van der Waals surface area contributed by atoms with E-state index in [2.05, 4.69) is 19.2 Å². The van der Waals surface area contributed by atoms with Gasteiger partial charge in [-0.2, -0.15) is 0 Å². The Morgan fingerprint density at radius 2 is 2.42 bits per heavy atom. The van der Waals surface area contributed by atoms with E-state index >= 15 is 0 Å². The van der Waals surface area contributed by atoms with Gasteiger partial charge < -0.3 is 10.1 Å².